The average molecular weight is 128 g/mol. The van der Waals surface area contributed by atoms with E-state index in [0.29, 0.717) is 0 Å². The van der Waals surface area contributed by atoms with Crippen molar-refractivity contribution in [3.8, 4) is 0 Å². The lowest BCUT2D eigenvalue weighted by molar-refractivity contribution is 0.327. The third kappa shape index (κ3) is 1.43. The lowest BCUT2D eigenvalue weighted by Crippen LogP contribution is -2.28. The topological polar surface area (TPSA) is 15.3 Å². The van der Waals surface area contributed by atoms with Crippen LogP contribution in [0.3, 0.4) is 0 Å². The number of likely N-dealkylation sites (tertiary alicyclic amines) is 1. The van der Waals surface area contributed by atoms with Gasteiger partial charge in [0.25, 0.3) is 0 Å². The van der Waals surface area contributed by atoms with Crippen LogP contribution >= 0.6 is 0 Å². The minimum atomic E-state index is 0.727. The fraction of sp³-hybridized carbons (Fsp3) is 1.00. The van der Waals surface area contributed by atoms with Gasteiger partial charge in [0, 0.05) is 18.6 Å². The van der Waals surface area contributed by atoms with Gasteiger partial charge in [-0.2, -0.15) is 0 Å². The zero-order valence-electron chi connectivity index (χ0n) is 6.52. The van der Waals surface area contributed by atoms with Gasteiger partial charge < -0.3 is 10.2 Å². The molecule has 0 bridgehead atoms. The molecule has 0 amide bonds. The molecule has 1 saturated heterocycles. The maximum atomic E-state index is 3.28. The molecule has 0 radical (unpaired) electrons. The Morgan fingerprint density at radius 3 is 2.44 bits per heavy atom. The maximum Gasteiger partial charge on any atom is 0.0206 e. The Bertz CT molecular complexity index is 82.9. The van der Waals surface area contributed by atoms with Gasteiger partial charge >= 0.3 is 0 Å². The van der Waals surface area contributed by atoms with Crippen LogP contribution in [0.25, 0.3) is 0 Å². The van der Waals surface area contributed by atoms with E-state index in [1.54, 1.807) is 0 Å². The van der Waals surface area contributed by atoms with E-state index in [1.807, 2.05) is 7.05 Å². The highest BCUT2D eigenvalue weighted by molar-refractivity contribution is 4.83. The zero-order chi connectivity index (χ0) is 6.85. The molecule has 0 unspecified atom stereocenters. The molecule has 1 fully saturated rings. The van der Waals surface area contributed by atoms with E-state index in [9.17, 15) is 0 Å². The van der Waals surface area contributed by atoms with Crippen molar-refractivity contribution in [1.82, 2.24) is 10.2 Å². The van der Waals surface area contributed by atoms with Crippen LogP contribution in [-0.2, 0) is 0 Å². The molecule has 0 spiro atoms. The second-order valence-electron chi connectivity index (χ2n) is 3.01. The van der Waals surface area contributed by atoms with Crippen molar-refractivity contribution in [3.05, 3.63) is 0 Å². The van der Waals surface area contributed by atoms with E-state index >= 15 is 0 Å². The smallest absolute Gasteiger partial charge is 0.0206 e. The summed E-state index contributed by atoms with van der Waals surface area (Å²) in [5.41, 5.74) is 0. The number of nitrogens with one attached hydrogen (secondary N) is 1. The highest BCUT2D eigenvalue weighted by atomic mass is 15.2. The van der Waals surface area contributed by atoms with Gasteiger partial charge in [0.1, 0.15) is 0 Å². The number of nitrogens with zero attached hydrogens (tertiary/aromatic N) is 1. The van der Waals surface area contributed by atoms with Gasteiger partial charge in [0.05, 0.1) is 0 Å². The second kappa shape index (κ2) is 2.67. The Balaban J connectivity index is 2.35. The summed E-state index contributed by atoms with van der Waals surface area (Å²) in [5, 5.41) is 3.28. The third-order valence-corrected chi connectivity index (χ3v) is 2.29. The molecule has 2 atom stereocenters. The molecule has 0 aromatic rings. The molecule has 1 heterocycles. The van der Waals surface area contributed by atoms with Crippen LogP contribution in [0.5, 0.6) is 0 Å². The summed E-state index contributed by atoms with van der Waals surface area (Å²) < 4.78 is 0. The summed E-state index contributed by atoms with van der Waals surface area (Å²) >= 11 is 0. The van der Waals surface area contributed by atoms with E-state index in [4.69, 9.17) is 0 Å². The fourth-order valence-corrected chi connectivity index (χ4v) is 1.40. The molecule has 1 aliphatic rings. The molecule has 0 aromatic carbocycles. The minimum Gasteiger partial charge on any atom is -0.316 e. The first-order valence-corrected chi connectivity index (χ1v) is 3.61. The number of likely N-dealkylation sites (N-methyl/N-ethyl adjacent to an activating group) is 2. The highest BCUT2D eigenvalue weighted by Gasteiger charge is 2.23. The van der Waals surface area contributed by atoms with Gasteiger partial charge in [-0.05, 0) is 27.4 Å². The largest absolute Gasteiger partial charge is 0.316 e. The summed E-state index contributed by atoms with van der Waals surface area (Å²) in [4.78, 5) is 2.39. The first kappa shape index (κ1) is 7.03. The zero-order valence-corrected chi connectivity index (χ0v) is 6.52. The van der Waals surface area contributed by atoms with Crippen molar-refractivity contribution in [2.24, 2.45) is 0 Å². The molecule has 0 aromatic heterocycles. The molecular weight excluding hydrogens is 112 g/mol. The van der Waals surface area contributed by atoms with Crippen molar-refractivity contribution in [3.63, 3.8) is 0 Å². The van der Waals surface area contributed by atoms with Crippen LogP contribution in [0.4, 0.5) is 0 Å². The number of hydrogen-bond acceptors (Lipinski definition) is 2. The van der Waals surface area contributed by atoms with E-state index in [-0.39, 0.29) is 0 Å². The van der Waals surface area contributed by atoms with Crippen LogP contribution < -0.4 is 5.32 Å². The third-order valence-electron chi connectivity index (χ3n) is 2.29. The number of rotatable bonds is 1. The normalized spacial score (nSPS) is 37.7. The molecule has 54 valence electrons. The first-order chi connectivity index (χ1) is 4.24. The first-order valence-electron chi connectivity index (χ1n) is 3.61. The molecule has 0 aliphatic carbocycles. The molecular formula is C7H16N2. The van der Waals surface area contributed by atoms with Gasteiger partial charge in [-0.1, -0.05) is 0 Å². The monoisotopic (exact) mass is 128 g/mol. The van der Waals surface area contributed by atoms with Gasteiger partial charge in [-0.3, -0.25) is 0 Å². The van der Waals surface area contributed by atoms with Crippen molar-refractivity contribution < 1.29 is 0 Å². The maximum absolute atomic E-state index is 3.28. The van der Waals surface area contributed by atoms with E-state index in [1.165, 1.54) is 13.0 Å². The van der Waals surface area contributed by atoms with Crippen molar-refractivity contribution in [2.45, 2.75) is 25.4 Å². The minimum absolute atomic E-state index is 0.727. The standard InChI is InChI=1S/C7H16N2/c1-6-4-7(8-2)5-9(6)3/h6-8H,4-5H2,1-3H3/t6-,7+/m1/s1. The molecule has 2 heteroatoms. The van der Waals surface area contributed by atoms with Crippen LogP contribution in [-0.4, -0.2) is 37.6 Å². The lowest BCUT2D eigenvalue weighted by Gasteiger charge is -2.12. The SMILES string of the molecule is CN[C@H]1C[C@@H](C)N(C)C1. The molecule has 9 heavy (non-hydrogen) atoms. The molecule has 2 nitrogen and oxygen atoms in total. The summed E-state index contributed by atoms with van der Waals surface area (Å²) in [7, 11) is 4.22. The van der Waals surface area contributed by atoms with Crippen molar-refractivity contribution in [1.29, 1.82) is 0 Å². The Hall–Kier alpha value is -0.0800. The summed E-state index contributed by atoms with van der Waals surface area (Å²) in [6.45, 7) is 3.48. The Labute approximate surface area is 57.2 Å². The highest BCUT2D eigenvalue weighted by Crippen LogP contribution is 2.13. The van der Waals surface area contributed by atoms with Crippen LogP contribution in [0.15, 0.2) is 0 Å². The van der Waals surface area contributed by atoms with E-state index < -0.39 is 0 Å². The summed E-state index contributed by atoms with van der Waals surface area (Å²) in [6, 6.07) is 1.49. The second-order valence-corrected chi connectivity index (χ2v) is 3.01. The van der Waals surface area contributed by atoms with Gasteiger partial charge in [0.15, 0.2) is 0 Å². The predicted molar refractivity (Wildman–Crippen MR) is 39.6 cm³/mol. The Morgan fingerprint density at radius 2 is 2.22 bits per heavy atom. The van der Waals surface area contributed by atoms with Crippen molar-refractivity contribution >= 4 is 0 Å². The van der Waals surface area contributed by atoms with Crippen molar-refractivity contribution in [2.75, 3.05) is 20.6 Å². The summed E-state index contributed by atoms with van der Waals surface area (Å²) in [5.74, 6) is 0. The fourth-order valence-electron chi connectivity index (χ4n) is 1.40. The van der Waals surface area contributed by atoms with E-state index in [2.05, 4.69) is 24.2 Å². The Kier molecular flexibility index (Phi) is 2.09. The number of hydrogen-bond donors (Lipinski definition) is 1. The quantitative estimate of drug-likeness (QED) is 0.546. The molecule has 1 aliphatic heterocycles. The predicted octanol–water partition coefficient (Wildman–Crippen LogP) is 0.298. The average Bonchev–Trinajstić information content (AvgIpc) is 2.13. The van der Waals surface area contributed by atoms with Gasteiger partial charge in [-0.25, -0.2) is 0 Å². The molecule has 0 saturated carbocycles. The Morgan fingerprint density at radius 1 is 1.56 bits per heavy atom. The van der Waals surface area contributed by atoms with Gasteiger partial charge in [0.2, 0.25) is 0 Å². The molecule has 1 rings (SSSR count). The lowest BCUT2D eigenvalue weighted by atomic mass is 10.2. The van der Waals surface area contributed by atoms with Crippen LogP contribution in [0.2, 0.25) is 0 Å². The summed E-state index contributed by atoms with van der Waals surface area (Å²) in [6.07, 6.45) is 1.30. The van der Waals surface area contributed by atoms with Gasteiger partial charge in [-0.15, -0.1) is 0 Å². The van der Waals surface area contributed by atoms with Crippen LogP contribution in [0, 0.1) is 0 Å². The van der Waals surface area contributed by atoms with Crippen LogP contribution in [0.1, 0.15) is 13.3 Å². The molecule has 1 N–H and O–H groups in total. The van der Waals surface area contributed by atoms with E-state index in [0.717, 1.165) is 12.1 Å².